The Morgan fingerprint density at radius 1 is 1.24 bits per heavy atom. The van der Waals surface area contributed by atoms with Crippen LogP contribution in [-0.2, 0) is 4.79 Å². The lowest BCUT2D eigenvalue weighted by Gasteiger charge is -2.10. The first-order valence-electron chi connectivity index (χ1n) is 5.56. The maximum absolute atomic E-state index is 11.5. The van der Waals surface area contributed by atoms with Gasteiger partial charge in [0.2, 0.25) is 0 Å². The fourth-order valence-corrected chi connectivity index (χ4v) is 2.02. The molecular formula is C11H20N2O4. The molecule has 0 aromatic rings. The van der Waals surface area contributed by atoms with E-state index in [2.05, 4.69) is 38.3 Å². The van der Waals surface area contributed by atoms with Crippen LogP contribution in [0.15, 0.2) is 0 Å². The largest absolute Gasteiger partial charge is 0.479 e. The normalized spacial score (nSPS) is 22.6. The van der Waals surface area contributed by atoms with Gasteiger partial charge in [0.1, 0.15) is 0 Å². The maximum Gasteiger partial charge on any atom is 0.334 e. The number of hydrogen-bond acceptors (Lipinski definition) is 3. The number of aliphatic hydroxyl groups excluding tert-OH is 1. The Kier molecular flexibility index (Phi) is 3.38. The minimum absolute atomic E-state index is 0.0236. The standard InChI is InChI=1S/C11H20N2O4/c1-10(2)8(11(10,3)4)13-9(17)12-5-6(14)7(15)16/h6,8,14H,5H2,1-4H3,(H,15,16)(H2,12,13,17)/t6-/m0/s1. The molecule has 1 saturated carbocycles. The van der Waals surface area contributed by atoms with Crippen molar-refractivity contribution < 1.29 is 19.8 Å². The summed E-state index contributed by atoms with van der Waals surface area (Å²) in [7, 11) is 0. The molecule has 0 bridgehead atoms. The van der Waals surface area contributed by atoms with Crippen LogP contribution in [0, 0.1) is 10.8 Å². The summed E-state index contributed by atoms with van der Waals surface area (Å²) in [5.41, 5.74) is 0.0471. The van der Waals surface area contributed by atoms with E-state index < -0.39 is 18.1 Å². The third-order valence-corrected chi connectivity index (χ3v) is 4.04. The summed E-state index contributed by atoms with van der Waals surface area (Å²) in [6, 6.07) is -0.397. The van der Waals surface area contributed by atoms with E-state index in [4.69, 9.17) is 10.2 Å². The second-order valence-electron chi connectivity index (χ2n) is 5.58. The molecule has 1 rings (SSSR count). The predicted molar refractivity (Wildman–Crippen MR) is 61.5 cm³/mol. The van der Waals surface area contributed by atoms with E-state index in [0.717, 1.165) is 0 Å². The van der Waals surface area contributed by atoms with Crippen LogP contribution in [0.1, 0.15) is 27.7 Å². The van der Waals surface area contributed by atoms with Crippen LogP contribution >= 0.6 is 0 Å². The molecule has 0 spiro atoms. The van der Waals surface area contributed by atoms with Crippen molar-refractivity contribution in [1.29, 1.82) is 0 Å². The fraction of sp³-hybridized carbons (Fsp3) is 0.818. The number of carbonyl (C=O) groups is 2. The molecule has 0 unspecified atom stereocenters. The summed E-state index contributed by atoms with van der Waals surface area (Å²) in [5.74, 6) is -1.35. The van der Waals surface area contributed by atoms with Gasteiger partial charge in [-0.1, -0.05) is 27.7 Å². The molecule has 17 heavy (non-hydrogen) atoms. The Labute approximate surface area is 100 Å². The highest BCUT2D eigenvalue weighted by molar-refractivity contribution is 5.77. The molecule has 2 amide bonds. The van der Waals surface area contributed by atoms with Gasteiger partial charge in [0, 0.05) is 6.04 Å². The fourth-order valence-electron chi connectivity index (χ4n) is 2.02. The number of rotatable bonds is 4. The quantitative estimate of drug-likeness (QED) is 0.566. The van der Waals surface area contributed by atoms with E-state index >= 15 is 0 Å². The Morgan fingerprint density at radius 2 is 1.71 bits per heavy atom. The summed E-state index contributed by atoms with van der Waals surface area (Å²) in [6.45, 7) is 7.94. The van der Waals surface area contributed by atoms with Gasteiger partial charge in [-0.15, -0.1) is 0 Å². The summed E-state index contributed by atoms with van der Waals surface area (Å²) in [6.07, 6.45) is -1.57. The lowest BCUT2D eigenvalue weighted by Crippen LogP contribution is -2.44. The zero-order valence-corrected chi connectivity index (χ0v) is 10.6. The smallest absolute Gasteiger partial charge is 0.334 e. The molecule has 6 nitrogen and oxygen atoms in total. The highest BCUT2D eigenvalue weighted by Crippen LogP contribution is 2.62. The second kappa shape index (κ2) is 4.18. The topological polar surface area (TPSA) is 98.7 Å². The lowest BCUT2D eigenvalue weighted by atomic mass is 10.0. The van der Waals surface area contributed by atoms with Crippen LogP contribution in [0.25, 0.3) is 0 Å². The number of carbonyl (C=O) groups excluding carboxylic acids is 1. The van der Waals surface area contributed by atoms with Gasteiger partial charge >= 0.3 is 12.0 Å². The zero-order chi connectivity index (χ0) is 13.4. The number of aliphatic carboxylic acids is 1. The van der Waals surface area contributed by atoms with Crippen LogP contribution in [0.2, 0.25) is 0 Å². The molecule has 1 aliphatic carbocycles. The lowest BCUT2D eigenvalue weighted by molar-refractivity contribution is -0.146. The van der Waals surface area contributed by atoms with Crippen LogP contribution in [0.5, 0.6) is 0 Å². The molecule has 1 atom stereocenters. The third-order valence-electron chi connectivity index (χ3n) is 4.04. The van der Waals surface area contributed by atoms with Gasteiger partial charge in [-0.25, -0.2) is 9.59 Å². The van der Waals surface area contributed by atoms with Crippen molar-refractivity contribution in [2.45, 2.75) is 39.8 Å². The molecule has 0 radical (unpaired) electrons. The molecule has 1 fully saturated rings. The van der Waals surface area contributed by atoms with Gasteiger partial charge in [0.05, 0.1) is 6.54 Å². The number of amides is 2. The summed E-state index contributed by atoms with van der Waals surface area (Å²) >= 11 is 0. The Morgan fingerprint density at radius 3 is 2.06 bits per heavy atom. The highest BCUT2D eigenvalue weighted by atomic mass is 16.4. The first-order chi connectivity index (χ1) is 7.60. The van der Waals surface area contributed by atoms with Crippen molar-refractivity contribution in [2.75, 3.05) is 6.54 Å². The van der Waals surface area contributed by atoms with Crippen molar-refractivity contribution in [3.05, 3.63) is 0 Å². The average Bonchev–Trinajstić information content (AvgIpc) is 2.57. The van der Waals surface area contributed by atoms with E-state index in [1.54, 1.807) is 0 Å². The van der Waals surface area contributed by atoms with Crippen molar-refractivity contribution in [3.8, 4) is 0 Å². The Balaban J connectivity index is 2.36. The Hall–Kier alpha value is -1.30. The molecular weight excluding hydrogens is 224 g/mol. The monoisotopic (exact) mass is 244 g/mol. The first kappa shape index (κ1) is 13.8. The van der Waals surface area contributed by atoms with Crippen LogP contribution < -0.4 is 10.6 Å². The summed E-state index contributed by atoms with van der Waals surface area (Å²) < 4.78 is 0. The minimum atomic E-state index is -1.57. The van der Waals surface area contributed by atoms with Gasteiger partial charge in [-0.2, -0.15) is 0 Å². The van der Waals surface area contributed by atoms with Gasteiger partial charge in [0.25, 0.3) is 0 Å². The molecule has 0 saturated heterocycles. The number of aliphatic hydroxyl groups is 1. The third kappa shape index (κ3) is 2.52. The molecule has 4 N–H and O–H groups in total. The summed E-state index contributed by atoms with van der Waals surface area (Å²) in [5, 5.41) is 22.5. The van der Waals surface area contributed by atoms with E-state index in [1.165, 1.54) is 0 Å². The van der Waals surface area contributed by atoms with E-state index in [-0.39, 0.29) is 23.4 Å². The molecule has 0 aromatic carbocycles. The van der Waals surface area contributed by atoms with Crippen LogP contribution in [-0.4, -0.2) is 40.9 Å². The molecule has 0 aromatic heterocycles. The van der Waals surface area contributed by atoms with Gasteiger partial charge in [-0.05, 0) is 10.8 Å². The summed E-state index contributed by atoms with van der Waals surface area (Å²) in [4.78, 5) is 21.8. The SMILES string of the molecule is CC1(C)C(NC(=O)NC[C@H](O)C(=O)O)C1(C)C. The van der Waals surface area contributed by atoms with Gasteiger partial charge in [0.15, 0.2) is 6.10 Å². The van der Waals surface area contributed by atoms with Gasteiger partial charge < -0.3 is 20.8 Å². The van der Waals surface area contributed by atoms with Crippen LogP contribution in [0.4, 0.5) is 4.79 Å². The average molecular weight is 244 g/mol. The van der Waals surface area contributed by atoms with Crippen molar-refractivity contribution in [2.24, 2.45) is 10.8 Å². The minimum Gasteiger partial charge on any atom is -0.479 e. The van der Waals surface area contributed by atoms with Crippen molar-refractivity contribution >= 4 is 12.0 Å². The number of carboxylic acid groups (broad SMARTS) is 1. The van der Waals surface area contributed by atoms with E-state index in [0.29, 0.717) is 0 Å². The number of carboxylic acids is 1. The Bertz CT molecular complexity index is 324. The van der Waals surface area contributed by atoms with E-state index in [1.807, 2.05) is 0 Å². The van der Waals surface area contributed by atoms with Crippen LogP contribution in [0.3, 0.4) is 0 Å². The zero-order valence-electron chi connectivity index (χ0n) is 10.6. The van der Waals surface area contributed by atoms with Gasteiger partial charge in [-0.3, -0.25) is 0 Å². The predicted octanol–water partition coefficient (Wildman–Crippen LogP) is 0.166. The second-order valence-corrected chi connectivity index (χ2v) is 5.58. The first-order valence-corrected chi connectivity index (χ1v) is 5.56. The number of urea groups is 1. The van der Waals surface area contributed by atoms with Crippen molar-refractivity contribution in [1.82, 2.24) is 10.6 Å². The molecule has 6 heteroatoms. The molecule has 0 aliphatic heterocycles. The number of hydrogen-bond donors (Lipinski definition) is 4. The number of nitrogens with one attached hydrogen (secondary N) is 2. The maximum atomic E-state index is 11.5. The van der Waals surface area contributed by atoms with Crippen molar-refractivity contribution in [3.63, 3.8) is 0 Å². The highest BCUT2D eigenvalue weighted by Gasteiger charge is 2.65. The van der Waals surface area contributed by atoms with E-state index in [9.17, 15) is 9.59 Å². The molecule has 1 aliphatic rings. The molecule has 0 heterocycles. The molecule has 98 valence electrons.